The summed E-state index contributed by atoms with van der Waals surface area (Å²) >= 11 is 0. The van der Waals surface area contributed by atoms with Crippen LogP contribution in [0.15, 0.2) is 79.1 Å². The number of nitrogens with one attached hydrogen (secondary N) is 1. The van der Waals surface area contributed by atoms with Crippen LogP contribution in [-0.4, -0.2) is 52.9 Å². The Labute approximate surface area is 258 Å². The van der Waals surface area contributed by atoms with Gasteiger partial charge in [-0.2, -0.15) is 18.7 Å². The molecule has 45 heavy (non-hydrogen) atoms. The van der Waals surface area contributed by atoms with Gasteiger partial charge in [0.25, 0.3) is 0 Å². The summed E-state index contributed by atoms with van der Waals surface area (Å²) < 4.78 is 46.8. The fourth-order valence-electron chi connectivity index (χ4n) is 4.42. The molecule has 5 aromatic rings. The Bertz CT molecular complexity index is 1660. The quantitative estimate of drug-likeness (QED) is 0.163. The predicted octanol–water partition coefficient (Wildman–Crippen LogP) is 6.21. The lowest BCUT2D eigenvalue weighted by Gasteiger charge is -2.24. The largest absolute Gasteiger partial charge is 0.497 e. The highest BCUT2D eigenvalue weighted by molar-refractivity contribution is 5.75. The number of aryl methyl sites for hydroxylation is 1. The van der Waals surface area contributed by atoms with E-state index in [9.17, 15) is 8.78 Å². The van der Waals surface area contributed by atoms with Gasteiger partial charge in [0.05, 0.1) is 45.0 Å². The van der Waals surface area contributed by atoms with Crippen LogP contribution in [0.4, 0.5) is 26.2 Å². The number of hydrogen-bond donors (Lipinski definition) is 1. The van der Waals surface area contributed by atoms with Crippen LogP contribution in [0.5, 0.6) is 23.1 Å². The van der Waals surface area contributed by atoms with E-state index in [0.29, 0.717) is 47.8 Å². The molecule has 0 unspecified atom stereocenters. The summed E-state index contributed by atoms with van der Waals surface area (Å²) in [5.74, 6) is 3.07. The number of hydrogen-bond acceptors (Lipinski definition) is 11. The van der Waals surface area contributed by atoms with Crippen molar-refractivity contribution in [2.75, 3.05) is 31.5 Å². The van der Waals surface area contributed by atoms with Crippen molar-refractivity contribution in [3.63, 3.8) is 0 Å². The lowest BCUT2D eigenvalue weighted by molar-refractivity contribution is -0.0500. The van der Waals surface area contributed by atoms with Gasteiger partial charge in [0.2, 0.25) is 11.8 Å². The molecular weight excluding hydrogens is 584 g/mol. The van der Waals surface area contributed by atoms with Crippen LogP contribution in [-0.2, 0) is 13.1 Å². The standard InChI is InChI=1S/C32H31F2N7O4/c1-20-37-30(27-15-26(45-31(33)34)17-36-29(27)39-23-9-14-28(44-4)35-16-23)40-32(38-20)41(18-21-5-10-24(42-2)11-6-21)19-22-7-12-25(43-3)13-8-22/h5-17,31H,18-19H2,1-4H3,(H,36,39). The number of anilines is 3. The third-order valence-electron chi connectivity index (χ3n) is 6.62. The normalized spacial score (nSPS) is 10.8. The Morgan fingerprint density at radius 3 is 1.91 bits per heavy atom. The van der Waals surface area contributed by atoms with Crippen LogP contribution in [0.1, 0.15) is 17.0 Å². The number of pyridine rings is 2. The van der Waals surface area contributed by atoms with Crippen molar-refractivity contribution in [2.24, 2.45) is 0 Å². The molecule has 0 aliphatic carbocycles. The zero-order valence-electron chi connectivity index (χ0n) is 25.1. The topological polar surface area (TPSA) is 117 Å². The number of rotatable bonds is 13. The molecule has 0 spiro atoms. The summed E-state index contributed by atoms with van der Waals surface area (Å²) in [6, 6.07) is 20.2. The van der Waals surface area contributed by atoms with Crippen molar-refractivity contribution in [1.82, 2.24) is 24.9 Å². The fourth-order valence-corrected chi connectivity index (χ4v) is 4.42. The Kier molecular flexibility index (Phi) is 9.77. The Hall–Kier alpha value is -5.59. The smallest absolute Gasteiger partial charge is 0.387 e. The number of methoxy groups -OCH3 is 3. The number of alkyl halides is 2. The van der Waals surface area contributed by atoms with Crippen molar-refractivity contribution >= 4 is 17.5 Å². The minimum Gasteiger partial charge on any atom is -0.497 e. The third-order valence-corrected chi connectivity index (χ3v) is 6.62. The molecule has 11 nitrogen and oxygen atoms in total. The van der Waals surface area contributed by atoms with Crippen molar-refractivity contribution in [3.05, 3.63) is 96.1 Å². The number of benzene rings is 2. The lowest BCUT2D eigenvalue weighted by atomic mass is 10.1. The number of halogens is 2. The Morgan fingerprint density at radius 2 is 1.38 bits per heavy atom. The molecule has 0 aliphatic rings. The van der Waals surface area contributed by atoms with E-state index in [0.717, 1.165) is 22.6 Å². The zero-order valence-corrected chi connectivity index (χ0v) is 25.1. The van der Waals surface area contributed by atoms with E-state index in [4.69, 9.17) is 19.2 Å². The Balaban J connectivity index is 1.56. The minimum absolute atomic E-state index is 0.147. The summed E-state index contributed by atoms with van der Waals surface area (Å²) in [6.45, 7) is -0.395. The molecule has 0 fully saturated rings. The summed E-state index contributed by atoms with van der Waals surface area (Å²) in [5.41, 5.74) is 2.89. The van der Waals surface area contributed by atoms with E-state index in [-0.39, 0.29) is 11.6 Å². The van der Waals surface area contributed by atoms with Gasteiger partial charge in [0.15, 0.2) is 5.82 Å². The monoisotopic (exact) mass is 615 g/mol. The van der Waals surface area contributed by atoms with E-state index < -0.39 is 6.61 Å². The van der Waals surface area contributed by atoms with Crippen LogP contribution in [0.3, 0.4) is 0 Å². The van der Waals surface area contributed by atoms with Crippen LogP contribution in [0.25, 0.3) is 11.4 Å². The third kappa shape index (κ3) is 8.07. The highest BCUT2D eigenvalue weighted by Gasteiger charge is 2.19. The van der Waals surface area contributed by atoms with E-state index in [1.807, 2.05) is 53.4 Å². The van der Waals surface area contributed by atoms with Crippen LogP contribution >= 0.6 is 0 Å². The van der Waals surface area contributed by atoms with Gasteiger partial charge in [-0.05, 0) is 54.4 Å². The molecule has 5 rings (SSSR count). The first-order valence-electron chi connectivity index (χ1n) is 13.8. The molecule has 232 valence electrons. The maximum absolute atomic E-state index is 13.2. The van der Waals surface area contributed by atoms with E-state index in [1.54, 1.807) is 39.5 Å². The summed E-state index contributed by atoms with van der Waals surface area (Å²) in [5, 5.41) is 3.16. The second-order valence-electron chi connectivity index (χ2n) is 9.72. The molecule has 0 amide bonds. The molecule has 3 aromatic heterocycles. The first-order valence-corrected chi connectivity index (χ1v) is 13.8. The molecule has 3 heterocycles. The highest BCUT2D eigenvalue weighted by atomic mass is 19.3. The molecule has 0 aliphatic heterocycles. The van der Waals surface area contributed by atoms with E-state index in [2.05, 4.69) is 30.0 Å². The minimum atomic E-state index is -3.04. The zero-order chi connectivity index (χ0) is 31.8. The fraction of sp³-hybridized carbons (Fsp3) is 0.219. The summed E-state index contributed by atoms with van der Waals surface area (Å²) in [6.07, 6.45) is 2.76. The van der Waals surface area contributed by atoms with Crippen LogP contribution < -0.4 is 29.2 Å². The van der Waals surface area contributed by atoms with Gasteiger partial charge in [-0.25, -0.2) is 15.0 Å². The van der Waals surface area contributed by atoms with Gasteiger partial charge in [-0.15, -0.1) is 0 Å². The first-order chi connectivity index (χ1) is 21.8. The number of nitrogens with zero attached hydrogens (tertiary/aromatic N) is 6. The molecule has 0 atom stereocenters. The first kappa shape index (κ1) is 30.9. The van der Waals surface area contributed by atoms with Gasteiger partial charge in [-0.3, -0.25) is 0 Å². The van der Waals surface area contributed by atoms with Gasteiger partial charge >= 0.3 is 6.61 Å². The second kappa shape index (κ2) is 14.3. The van der Waals surface area contributed by atoms with Gasteiger partial charge in [-0.1, -0.05) is 24.3 Å². The Morgan fingerprint density at radius 1 is 0.733 bits per heavy atom. The van der Waals surface area contributed by atoms with Crippen molar-refractivity contribution < 1.29 is 27.7 Å². The van der Waals surface area contributed by atoms with Gasteiger partial charge in [0.1, 0.15) is 28.9 Å². The van der Waals surface area contributed by atoms with Crippen molar-refractivity contribution in [3.8, 4) is 34.5 Å². The summed E-state index contributed by atoms with van der Waals surface area (Å²) in [4.78, 5) is 24.6. The predicted molar refractivity (Wildman–Crippen MR) is 164 cm³/mol. The molecule has 0 radical (unpaired) electrons. The maximum atomic E-state index is 13.2. The number of aromatic nitrogens is 5. The molecule has 2 aromatic carbocycles. The van der Waals surface area contributed by atoms with Crippen LogP contribution in [0.2, 0.25) is 0 Å². The number of ether oxygens (including phenoxy) is 4. The molecule has 0 bridgehead atoms. The molecule has 0 saturated carbocycles. The molecule has 1 N–H and O–H groups in total. The average molecular weight is 616 g/mol. The molecule has 0 saturated heterocycles. The van der Waals surface area contributed by atoms with E-state index >= 15 is 0 Å². The molecular formula is C32H31F2N7O4. The van der Waals surface area contributed by atoms with Crippen molar-refractivity contribution in [1.29, 1.82) is 0 Å². The van der Waals surface area contributed by atoms with Gasteiger partial charge < -0.3 is 29.2 Å². The summed E-state index contributed by atoms with van der Waals surface area (Å²) in [7, 11) is 4.75. The lowest BCUT2D eigenvalue weighted by Crippen LogP contribution is -2.25. The van der Waals surface area contributed by atoms with E-state index in [1.165, 1.54) is 19.4 Å². The van der Waals surface area contributed by atoms with Crippen molar-refractivity contribution in [2.45, 2.75) is 26.6 Å². The van der Waals surface area contributed by atoms with Crippen LogP contribution in [0, 0.1) is 6.92 Å². The highest BCUT2D eigenvalue weighted by Crippen LogP contribution is 2.32. The SMILES string of the molecule is COc1ccc(CN(Cc2ccc(OC)cc2)c2nc(C)nc(-c3cc(OC(F)F)cnc3Nc3ccc(OC)nc3)n2)cc1. The second-order valence-corrected chi connectivity index (χ2v) is 9.72. The van der Waals surface area contributed by atoms with Gasteiger partial charge in [0, 0.05) is 19.2 Å². The average Bonchev–Trinajstić information content (AvgIpc) is 3.05. The molecule has 13 heteroatoms. The maximum Gasteiger partial charge on any atom is 0.387 e.